The van der Waals surface area contributed by atoms with Crippen molar-refractivity contribution in [3.05, 3.63) is 80.7 Å². The molecule has 1 amide bonds. The highest BCUT2D eigenvalue weighted by Gasteiger charge is 2.13. The average molecular weight is 388 g/mol. The number of aromatic nitrogens is 2. The maximum atomic E-state index is 13.6. The van der Waals surface area contributed by atoms with E-state index in [-0.39, 0.29) is 22.0 Å². The number of rotatable bonds is 5. The Balaban J connectivity index is 1.73. The van der Waals surface area contributed by atoms with E-state index in [1.807, 2.05) is 0 Å². The number of halogens is 2. The van der Waals surface area contributed by atoms with Gasteiger partial charge in [0.2, 0.25) is 0 Å². The van der Waals surface area contributed by atoms with Gasteiger partial charge in [-0.05, 0) is 18.2 Å². The number of carbonyl (C=O) groups excluding carboxylic acids is 1. The number of non-ortho nitro benzene ring substituents is 1. The number of hydrogen-bond donors (Lipinski definition) is 2. The van der Waals surface area contributed by atoms with Crippen LogP contribution in [0.1, 0.15) is 16.1 Å². The second-order valence-corrected chi connectivity index (χ2v) is 5.72. The minimum absolute atomic E-state index is 0.0429. The summed E-state index contributed by atoms with van der Waals surface area (Å²) in [7, 11) is 0. The van der Waals surface area contributed by atoms with Crippen LogP contribution in [0.15, 0.2) is 53.6 Å². The van der Waals surface area contributed by atoms with Gasteiger partial charge in [-0.2, -0.15) is 10.2 Å². The van der Waals surface area contributed by atoms with Gasteiger partial charge in [0, 0.05) is 23.3 Å². The van der Waals surface area contributed by atoms with Gasteiger partial charge in [-0.15, -0.1) is 0 Å². The maximum Gasteiger partial charge on any atom is 0.289 e. The van der Waals surface area contributed by atoms with E-state index in [4.69, 9.17) is 11.6 Å². The first kappa shape index (κ1) is 18.2. The normalized spacial score (nSPS) is 10.9. The zero-order valence-corrected chi connectivity index (χ0v) is 14.3. The van der Waals surface area contributed by atoms with Crippen molar-refractivity contribution in [2.75, 3.05) is 0 Å². The number of hydrogen-bond acceptors (Lipinski definition) is 5. The number of nitrogens with zero attached hydrogens (tertiary/aromatic N) is 3. The summed E-state index contributed by atoms with van der Waals surface area (Å²) in [6.45, 7) is 0. The van der Waals surface area contributed by atoms with E-state index in [0.29, 0.717) is 11.3 Å². The summed E-state index contributed by atoms with van der Waals surface area (Å²) in [5, 5.41) is 21.1. The van der Waals surface area contributed by atoms with Crippen LogP contribution in [-0.2, 0) is 0 Å². The van der Waals surface area contributed by atoms with Gasteiger partial charge in [0.15, 0.2) is 0 Å². The topological polar surface area (TPSA) is 113 Å². The van der Waals surface area contributed by atoms with E-state index in [9.17, 15) is 19.3 Å². The fourth-order valence-corrected chi connectivity index (χ4v) is 2.43. The second-order valence-electron chi connectivity index (χ2n) is 5.31. The molecule has 0 atom stereocenters. The van der Waals surface area contributed by atoms with Gasteiger partial charge in [0.05, 0.1) is 21.9 Å². The molecule has 3 aromatic rings. The predicted octanol–water partition coefficient (Wildman–Crippen LogP) is 3.54. The van der Waals surface area contributed by atoms with Crippen molar-refractivity contribution in [1.82, 2.24) is 15.6 Å². The number of carbonyl (C=O) groups is 1. The number of hydrazone groups is 1. The first-order chi connectivity index (χ1) is 13.0. The number of benzene rings is 2. The van der Waals surface area contributed by atoms with E-state index >= 15 is 0 Å². The molecule has 8 nitrogen and oxygen atoms in total. The van der Waals surface area contributed by atoms with Gasteiger partial charge >= 0.3 is 0 Å². The van der Waals surface area contributed by atoms with Crippen molar-refractivity contribution in [2.45, 2.75) is 0 Å². The summed E-state index contributed by atoms with van der Waals surface area (Å²) < 4.78 is 13.6. The summed E-state index contributed by atoms with van der Waals surface area (Å²) in [4.78, 5) is 22.4. The lowest BCUT2D eigenvalue weighted by molar-refractivity contribution is -0.384. The molecule has 0 unspecified atom stereocenters. The van der Waals surface area contributed by atoms with Crippen LogP contribution < -0.4 is 5.43 Å². The first-order valence-corrected chi connectivity index (χ1v) is 7.91. The molecule has 0 radical (unpaired) electrons. The Bertz CT molecular complexity index is 1030. The second kappa shape index (κ2) is 7.75. The minimum atomic E-state index is -0.622. The van der Waals surface area contributed by atoms with Crippen LogP contribution in [0.5, 0.6) is 0 Å². The number of H-pyrrole nitrogens is 1. The van der Waals surface area contributed by atoms with Crippen molar-refractivity contribution < 1.29 is 14.1 Å². The number of aromatic amines is 1. The molecule has 3 rings (SSSR count). The summed E-state index contributed by atoms with van der Waals surface area (Å²) in [5.41, 5.74) is 3.08. The lowest BCUT2D eigenvalue weighted by Crippen LogP contribution is -2.18. The lowest BCUT2D eigenvalue weighted by Gasteiger charge is -1.99. The zero-order valence-electron chi connectivity index (χ0n) is 13.5. The van der Waals surface area contributed by atoms with Crippen LogP contribution in [0.2, 0.25) is 5.02 Å². The SMILES string of the molecule is O=C(NN=Cc1c(F)cccc1Cl)c1cc(-c2cccc([N+](=O)[O-])c2)n[nH]1. The molecule has 0 aliphatic carbocycles. The standard InChI is InChI=1S/C17H11ClFN5O3/c18-13-5-2-6-14(19)12(13)9-20-23-17(25)16-8-15(21-22-16)10-3-1-4-11(7-10)24(26)27/h1-9H,(H,21,22)(H,23,25). The Kier molecular flexibility index (Phi) is 5.23. The Labute approximate surface area is 156 Å². The molecule has 10 heteroatoms. The Morgan fingerprint density at radius 2 is 2.07 bits per heavy atom. The van der Waals surface area contributed by atoms with Gasteiger partial charge in [-0.25, -0.2) is 9.82 Å². The molecular weight excluding hydrogens is 377 g/mol. The fourth-order valence-electron chi connectivity index (χ4n) is 2.21. The van der Waals surface area contributed by atoms with E-state index in [1.165, 1.54) is 42.5 Å². The van der Waals surface area contributed by atoms with Crippen molar-refractivity contribution in [3.8, 4) is 11.3 Å². The van der Waals surface area contributed by atoms with Crippen LogP contribution >= 0.6 is 11.6 Å². The van der Waals surface area contributed by atoms with Crippen LogP contribution in [0, 0.1) is 15.9 Å². The van der Waals surface area contributed by atoms with Gasteiger partial charge in [-0.3, -0.25) is 20.0 Å². The third-order valence-electron chi connectivity index (χ3n) is 3.53. The van der Waals surface area contributed by atoms with E-state index in [2.05, 4.69) is 20.7 Å². The first-order valence-electron chi connectivity index (χ1n) is 7.53. The molecule has 2 N–H and O–H groups in total. The third-order valence-corrected chi connectivity index (χ3v) is 3.86. The molecule has 0 fully saturated rings. The van der Waals surface area contributed by atoms with Crippen LogP contribution in [0.25, 0.3) is 11.3 Å². The molecule has 0 saturated heterocycles. The third kappa shape index (κ3) is 4.15. The molecule has 0 spiro atoms. The van der Waals surface area contributed by atoms with E-state index in [0.717, 1.165) is 6.21 Å². The Hall–Kier alpha value is -3.59. The molecular formula is C17H11ClFN5O3. The predicted molar refractivity (Wildman–Crippen MR) is 97.1 cm³/mol. The van der Waals surface area contributed by atoms with Crippen molar-refractivity contribution in [3.63, 3.8) is 0 Å². The van der Waals surface area contributed by atoms with E-state index in [1.54, 1.807) is 6.07 Å². The molecule has 27 heavy (non-hydrogen) atoms. The quantitative estimate of drug-likeness (QED) is 0.396. The maximum absolute atomic E-state index is 13.6. The fraction of sp³-hybridized carbons (Fsp3) is 0. The molecule has 0 aliphatic rings. The summed E-state index contributed by atoms with van der Waals surface area (Å²) in [5.74, 6) is -1.20. The molecule has 1 heterocycles. The van der Waals surface area contributed by atoms with E-state index < -0.39 is 16.6 Å². The molecule has 2 aromatic carbocycles. The Morgan fingerprint density at radius 1 is 1.30 bits per heavy atom. The molecule has 0 aliphatic heterocycles. The van der Waals surface area contributed by atoms with Gasteiger partial charge in [0.1, 0.15) is 11.5 Å². The van der Waals surface area contributed by atoms with Gasteiger partial charge < -0.3 is 0 Å². The molecule has 0 bridgehead atoms. The van der Waals surface area contributed by atoms with Crippen LogP contribution in [-0.4, -0.2) is 27.2 Å². The zero-order chi connectivity index (χ0) is 19.4. The van der Waals surface area contributed by atoms with Gasteiger partial charge in [-0.1, -0.05) is 29.8 Å². The largest absolute Gasteiger partial charge is 0.289 e. The minimum Gasteiger partial charge on any atom is -0.272 e. The summed E-state index contributed by atoms with van der Waals surface area (Å²) in [6, 6.07) is 11.4. The Morgan fingerprint density at radius 3 is 2.81 bits per heavy atom. The lowest BCUT2D eigenvalue weighted by atomic mass is 10.1. The van der Waals surface area contributed by atoms with Crippen LogP contribution in [0.3, 0.4) is 0 Å². The van der Waals surface area contributed by atoms with Gasteiger partial charge in [0.25, 0.3) is 11.6 Å². The number of nitro benzene ring substituents is 1. The van der Waals surface area contributed by atoms with Crippen molar-refractivity contribution in [2.24, 2.45) is 5.10 Å². The number of amides is 1. The molecule has 0 saturated carbocycles. The van der Waals surface area contributed by atoms with Crippen LogP contribution in [0.4, 0.5) is 10.1 Å². The molecule has 1 aromatic heterocycles. The van der Waals surface area contributed by atoms with Crippen molar-refractivity contribution >= 4 is 29.4 Å². The number of nitrogens with one attached hydrogen (secondary N) is 2. The number of nitro groups is 1. The summed E-state index contributed by atoms with van der Waals surface area (Å²) >= 11 is 5.86. The highest BCUT2D eigenvalue weighted by molar-refractivity contribution is 6.33. The molecule has 136 valence electrons. The summed E-state index contributed by atoms with van der Waals surface area (Å²) in [6.07, 6.45) is 1.09. The van der Waals surface area contributed by atoms with Crippen molar-refractivity contribution in [1.29, 1.82) is 0 Å². The smallest absolute Gasteiger partial charge is 0.272 e. The highest BCUT2D eigenvalue weighted by Crippen LogP contribution is 2.22. The monoisotopic (exact) mass is 387 g/mol. The average Bonchev–Trinajstić information content (AvgIpc) is 3.14. The highest BCUT2D eigenvalue weighted by atomic mass is 35.5.